The van der Waals surface area contributed by atoms with Crippen LogP contribution in [-0.2, 0) is 4.79 Å². The molecule has 0 fully saturated rings. The van der Waals surface area contributed by atoms with Crippen molar-refractivity contribution in [2.24, 2.45) is 0 Å². The molecule has 5 heteroatoms. The van der Waals surface area contributed by atoms with Gasteiger partial charge in [-0.05, 0) is 50.8 Å². The van der Waals surface area contributed by atoms with E-state index in [9.17, 15) is 10.1 Å². The molecule has 27 heavy (non-hydrogen) atoms. The maximum Gasteiger partial charge on any atom is 0.233 e. The van der Waals surface area contributed by atoms with Crippen LogP contribution in [0, 0.1) is 32.1 Å². The summed E-state index contributed by atoms with van der Waals surface area (Å²) in [5.74, 6) is 0.264. The van der Waals surface area contributed by atoms with Crippen LogP contribution in [0.1, 0.15) is 54.1 Å². The lowest BCUT2D eigenvalue weighted by atomic mass is 9.96. The van der Waals surface area contributed by atoms with E-state index in [2.05, 4.69) is 35.4 Å². The third-order valence-corrected chi connectivity index (χ3v) is 6.11. The zero-order valence-corrected chi connectivity index (χ0v) is 17.5. The quantitative estimate of drug-likeness (QED) is 0.708. The summed E-state index contributed by atoms with van der Waals surface area (Å²) in [7, 11) is 0. The molecule has 0 unspecified atom stereocenters. The minimum Gasteiger partial charge on any atom is -0.355 e. The number of carbonyl (C=O) groups is 1. The number of thioether (sulfide) groups is 1. The average molecular weight is 382 g/mol. The molecule has 0 aliphatic rings. The van der Waals surface area contributed by atoms with Gasteiger partial charge in [0.05, 0.1) is 10.8 Å². The van der Waals surface area contributed by atoms with Crippen molar-refractivity contribution in [3.63, 3.8) is 0 Å². The maximum atomic E-state index is 12.6. The van der Waals surface area contributed by atoms with Crippen molar-refractivity contribution >= 4 is 17.7 Å². The van der Waals surface area contributed by atoms with Crippen LogP contribution in [0.15, 0.2) is 35.4 Å². The summed E-state index contributed by atoms with van der Waals surface area (Å²) >= 11 is 1.35. The lowest BCUT2D eigenvalue weighted by Crippen LogP contribution is -2.34. The van der Waals surface area contributed by atoms with Crippen LogP contribution in [0.3, 0.4) is 0 Å². The molecular formula is C22H27N3OS. The molecule has 2 rings (SSSR count). The molecule has 0 spiro atoms. The van der Waals surface area contributed by atoms with Crippen LogP contribution in [0.2, 0.25) is 0 Å². The average Bonchev–Trinajstić information content (AvgIpc) is 2.67. The number of nitrogens with zero attached hydrogens (tertiary/aromatic N) is 2. The summed E-state index contributed by atoms with van der Waals surface area (Å²) in [6, 6.07) is 12.5. The summed E-state index contributed by atoms with van der Waals surface area (Å²) < 4.78 is 0. The number of nitrogens with one attached hydrogen (secondary N) is 1. The van der Waals surface area contributed by atoms with Gasteiger partial charge in [0.2, 0.25) is 5.91 Å². The molecule has 0 aliphatic carbocycles. The Morgan fingerprint density at radius 1 is 1.22 bits per heavy atom. The minimum atomic E-state index is -0.320. The maximum absolute atomic E-state index is 12.6. The highest BCUT2D eigenvalue weighted by atomic mass is 32.2. The number of aryl methyl sites for hydroxylation is 1. The number of aromatic nitrogens is 1. The lowest BCUT2D eigenvalue weighted by molar-refractivity contribution is -0.120. The Labute approximate surface area is 166 Å². The molecule has 0 saturated heterocycles. The van der Waals surface area contributed by atoms with Crippen LogP contribution in [0.25, 0.3) is 0 Å². The highest BCUT2D eigenvalue weighted by Crippen LogP contribution is 2.29. The fraction of sp³-hybridized carbons (Fsp3) is 0.409. The van der Waals surface area contributed by atoms with Crippen LogP contribution < -0.4 is 5.32 Å². The minimum absolute atomic E-state index is 0.0315. The van der Waals surface area contributed by atoms with E-state index in [0.717, 1.165) is 23.2 Å². The normalized spacial score (nSPS) is 12.9. The van der Waals surface area contributed by atoms with Crippen LogP contribution >= 0.6 is 11.8 Å². The van der Waals surface area contributed by atoms with Crippen molar-refractivity contribution in [3.8, 4) is 6.07 Å². The molecule has 1 heterocycles. The SMILES string of the molecule is CC[C@@H](CNC(=O)[C@@H](C)Sc1nc(C)c(C)c(C)c1C#N)c1ccccc1. The van der Waals surface area contributed by atoms with Crippen LogP contribution in [0.4, 0.5) is 0 Å². The molecule has 0 radical (unpaired) electrons. The van der Waals surface area contributed by atoms with Crippen molar-refractivity contribution < 1.29 is 4.79 Å². The molecule has 0 bridgehead atoms. The third kappa shape index (κ3) is 5.11. The molecule has 1 amide bonds. The first-order chi connectivity index (χ1) is 12.9. The third-order valence-electron chi connectivity index (χ3n) is 5.02. The highest BCUT2D eigenvalue weighted by Gasteiger charge is 2.21. The number of carbonyl (C=O) groups excluding carboxylic acids is 1. The van der Waals surface area contributed by atoms with Gasteiger partial charge in [-0.25, -0.2) is 4.98 Å². The summed E-state index contributed by atoms with van der Waals surface area (Å²) in [5, 5.41) is 12.9. The van der Waals surface area contributed by atoms with Gasteiger partial charge >= 0.3 is 0 Å². The Hall–Kier alpha value is -2.32. The number of pyridine rings is 1. The standard InChI is InChI=1S/C22H27N3OS/c1-6-18(19-10-8-7-9-11-19)13-24-21(26)17(5)27-22-20(12-23)15(3)14(2)16(4)25-22/h7-11,17-18H,6,13H2,1-5H3,(H,24,26)/t17-,18+/m1/s1. The predicted molar refractivity (Wildman–Crippen MR) is 111 cm³/mol. The van der Waals surface area contributed by atoms with E-state index in [1.54, 1.807) is 0 Å². The summed E-state index contributed by atoms with van der Waals surface area (Å²) in [6.45, 7) is 10.4. The van der Waals surface area contributed by atoms with E-state index in [1.807, 2.05) is 45.9 Å². The van der Waals surface area contributed by atoms with E-state index in [-0.39, 0.29) is 11.2 Å². The predicted octanol–water partition coefficient (Wildman–Crippen LogP) is 4.67. The van der Waals surface area contributed by atoms with Gasteiger partial charge in [0.15, 0.2) is 0 Å². The Morgan fingerprint density at radius 3 is 2.48 bits per heavy atom. The molecule has 4 nitrogen and oxygen atoms in total. The second-order valence-electron chi connectivity index (χ2n) is 6.76. The highest BCUT2D eigenvalue weighted by molar-refractivity contribution is 8.00. The fourth-order valence-electron chi connectivity index (χ4n) is 2.94. The van der Waals surface area contributed by atoms with Crippen LogP contribution in [0.5, 0.6) is 0 Å². The summed E-state index contributed by atoms with van der Waals surface area (Å²) in [4.78, 5) is 17.1. The van der Waals surface area contributed by atoms with Gasteiger partial charge in [-0.1, -0.05) is 49.0 Å². The van der Waals surface area contributed by atoms with E-state index in [4.69, 9.17) is 0 Å². The second-order valence-corrected chi connectivity index (χ2v) is 8.09. The van der Waals surface area contributed by atoms with Crippen molar-refractivity contribution in [1.82, 2.24) is 10.3 Å². The van der Waals surface area contributed by atoms with Crippen molar-refractivity contribution in [2.75, 3.05) is 6.54 Å². The van der Waals surface area contributed by atoms with Crippen molar-refractivity contribution in [2.45, 2.75) is 57.2 Å². The van der Waals surface area contributed by atoms with Crippen molar-refractivity contribution in [1.29, 1.82) is 5.26 Å². The van der Waals surface area contributed by atoms with E-state index >= 15 is 0 Å². The summed E-state index contributed by atoms with van der Waals surface area (Å²) in [5.41, 5.74) is 4.67. The van der Waals surface area contributed by atoms with E-state index < -0.39 is 0 Å². The molecular weight excluding hydrogens is 354 g/mol. The number of amides is 1. The number of rotatable bonds is 7. The molecule has 142 valence electrons. The monoisotopic (exact) mass is 381 g/mol. The van der Waals surface area contributed by atoms with Crippen molar-refractivity contribution in [3.05, 3.63) is 58.3 Å². The van der Waals surface area contributed by atoms with Gasteiger partial charge in [-0.15, -0.1) is 0 Å². The van der Waals surface area contributed by atoms with Gasteiger partial charge < -0.3 is 5.32 Å². The zero-order valence-electron chi connectivity index (χ0n) is 16.7. The first-order valence-electron chi connectivity index (χ1n) is 9.26. The molecule has 1 N–H and O–H groups in total. The Bertz CT molecular complexity index is 843. The number of hydrogen-bond donors (Lipinski definition) is 1. The molecule has 0 saturated carbocycles. The topological polar surface area (TPSA) is 65.8 Å². The fourth-order valence-corrected chi connectivity index (χ4v) is 3.97. The molecule has 2 aromatic rings. The molecule has 1 aromatic heterocycles. The zero-order chi connectivity index (χ0) is 20.0. The van der Waals surface area contributed by atoms with Gasteiger partial charge in [0.1, 0.15) is 11.1 Å². The molecule has 2 atom stereocenters. The Balaban J connectivity index is 2.05. The Morgan fingerprint density at radius 2 is 1.89 bits per heavy atom. The lowest BCUT2D eigenvalue weighted by Gasteiger charge is -2.19. The van der Waals surface area contributed by atoms with Gasteiger partial charge in [-0.3, -0.25) is 4.79 Å². The van der Waals surface area contributed by atoms with Crippen LogP contribution in [-0.4, -0.2) is 22.7 Å². The first kappa shape index (κ1) is 21.0. The van der Waals surface area contributed by atoms with Gasteiger partial charge in [-0.2, -0.15) is 5.26 Å². The smallest absolute Gasteiger partial charge is 0.233 e. The largest absolute Gasteiger partial charge is 0.355 e. The number of benzene rings is 1. The van der Waals surface area contributed by atoms with Gasteiger partial charge in [0.25, 0.3) is 0 Å². The number of nitriles is 1. The number of hydrogen-bond acceptors (Lipinski definition) is 4. The second kappa shape index (κ2) is 9.57. The Kier molecular flexibility index (Phi) is 7.44. The summed E-state index contributed by atoms with van der Waals surface area (Å²) in [6.07, 6.45) is 0.961. The van der Waals surface area contributed by atoms with E-state index in [1.165, 1.54) is 17.3 Å². The van der Waals surface area contributed by atoms with Gasteiger partial charge in [0, 0.05) is 18.2 Å². The van der Waals surface area contributed by atoms with E-state index in [0.29, 0.717) is 23.1 Å². The molecule has 0 aliphatic heterocycles. The first-order valence-corrected chi connectivity index (χ1v) is 10.1. The molecule has 1 aromatic carbocycles.